The van der Waals surface area contributed by atoms with Crippen molar-refractivity contribution in [1.82, 2.24) is 0 Å². The molecule has 5 saturated carbocycles. The summed E-state index contributed by atoms with van der Waals surface area (Å²) >= 11 is 0. The molecule has 0 aromatic rings. The first-order valence-corrected chi connectivity index (χ1v) is 9.99. The molecular formula is C21H34O2. The summed E-state index contributed by atoms with van der Waals surface area (Å²) < 4.78 is 0. The van der Waals surface area contributed by atoms with Crippen molar-refractivity contribution in [2.45, 2.75) is 79.1 Å². The maximum atomic E-state index is 12.1. The molecule has 0 aromatic heterocycles. The number of aliphatic carboxylic acids is 1. The standard InChI is InChI=1S/C21H34O2/c1-13-14(2)21-10-6-15(13)12-17(21)19(3)8-5-9-20(4,18(22)23)16(19)7-11-21/h13-17H,5-12H2,1-4H3,(H,22,23). The first-order chi connectivity index (χ1) is 10.8. The summed E-state index contributed by atoms with van der Waals surface area (Å²) in [6, 6.07) is 0. The van der Waals surface area contributed by atoms with Gasteiger partial charge in [0.25, 0.3) is 0 Å². The molecule has 1 spiro atoms. The lowest BCUT2D eigenvalue weighted by molar-refractivity contribution is -0.222. The Kier molecular flexibility index (Phi) is 3.30. The van der Waals surface area contributed by atoms with Crippen LogP contribution >= 0.6 is 0 Å². The van der Waals surface area contributed by atoms with Gasteiger partial charge < -0.3 is 5.11 Å². The maximum absolute atomic E-state index is 12.1. The van der Waals surface area contributed by atoms with E-state index < -0.39 is 11.4 Å². The van der Waals surface area contributed by atoms with Crippen LogP contribution < -0.4 is 0 Å². The molecule has 1 N–H and O–H groups in total. The third-order valence-electron chi connectivity index (χ3n) is 9.81. The van der Waals surface area contributed by atoms with Crippen LogP contribution in [0.3, 0.4) is 0 Å². The van der Waals surface area contributed by atoms with Crippen molar-refractivity contribution in [1.29, 1.82) is 0 Å². The van der Waals surface area contributed by atoms with Crippen LogP contribution in [0.15, 0.2) is 0 Å². The molecule has 0 amide bonds. The SMILES string of the molecule is CC1C2CCC3(CCC4C(C)(C(=O)O)CCCC4(C)C3C2)C1C. The Morgan fingerprint density at radius 2 is 1.70 bits per heavy atom. The number of carboxylic acids is 1. The second-order valence-electron chi connectivity index (χ2n) is 10.1. The molecule has 0 aromatic carbocycles. The van der Waals surface area contributed by atoms with E-state index in [9.17, 15) is 9.90 Å². The van der Waals surface area contributed by atoms with Crippen LogP contribution in [0, 0.1) is 45.8 Å². The zero-order valence-electron chi connectivity index (χ0n) is 15.4. The number of carbonyl (C=O) groups is 1. The number of rotatable bonds is 1. The average Bonchev–Trinajstić information content (AvgIpc) is 2.51. The fourth-order valence-electron chi connectivity index (χ4n) is 8.34. The number of fused-ring (bicyclic) bond motifs is 3. The topological polar surface area (TPSA) is 37.3 Å². The summed E-state index contributed by atoms with van der Waals surface area (Å²) in [7, 11) is 0. The Hall–Kier alpha value is -0.530. The summed E-state index contributed by atoms with van der Waals surface area (Å²) in [5, 5.41) is 9.97. The molecule has 0 radical (unpaired) electrons. The Balaban J connectivity index is 1.77. The predicted molar refractivity (Wildman–Crippen MR) is 92.0 cm³/mol. The third-order valence-corrected chi connectivity index (χ3v) is 9.81. The molecule has 0 heterocycles. The lowest BCUT2D eigenvalue weighted by atomic mass is 9.34. The normalized spacial score (nSPS) is 58.3. The molecule has 2 bridgehead atoms. The highest BCUT2D eigenvalue weighted by atomic mass is 16.4. The van der Waals surface area contributed by atoms with Gasteiger partial charge in [0.15, 0.2) is 0 Å². The maximum Gasteiger partial charge on any atom is 0.309 e. The van der Waals surface area contributed by atoms with Gasteiger partial charge in [-0.3, -0.25) is 4.79 Å². The van der Waals surface area contributed by atoms with Crippen molar-refractivity contribution in [3.63, 3.8) is 0 Å². The van der Waals surface area contributed by atoms with Gasteiger partial charge in [-0.2, -0.15) is 0 Å². The minimum atomic E-state index is -0.535. The van der Waals surface area contributed by atoms with Crippen molar-refractivity contribution in [2.24, 2.45) is 45.8 Å². The van der Waals surface area contributed by atoms with E-state index in [4.69, 9.17) is 0 Å². The molecule has 2 heteroatoms. The molecule has 2 nitrogen and oxygen atoms in total. The fraction of sp³-hybridized carbons (Fsp3) is 0.952. The lowest BCUT2D eigenvalue weighted by Crippen LogP contribution is -2.64. The van der Waals surface area contributed by atoms with Crippen LogP contribution in [0.2, 0.25) is 0 Å². The monoisotopic (exact) mass is 318 g/mol. The van der Waals surface area contributed by atoms with E-state index in [2.05, 4.69) is 27.7 Å². The zero-order chi connectivity index (χ0) is 16.6. The Morgan fingerprint density at radius 1 is 1.00 bits per heavy atom. The molecule has 8 atom stereocenters. The van der Waals surface area contributed by atoms with E-state index in [0.717, 1.165) is 42.9 Å². The van der Waals surface area contributed by atoms with Crippen molar-refractivity contribution in [2.75, 3.05) is 0 Å². The van der Waals surface area contributed by atoms with Crippen LogP contribution in [0.25, 0.3) is 0 Å². The molecule has 5 aliphatic carbocycles. The van der Waals surface area contributed by atoms with Gasteiger partial charge in [0.2, 0.25) is 0 Å². The smallest absolute Gasteiger partial charge is 0.309 e. The second kappa shape index (κ2) is 4.76. The van der Waals surface area contributed by atoms with E-state index >= 15 is 0 Å². The second-order valence-corrected chi connectivity index (χ2v) is 10.1. The van der Waals surface area contributed by atoms with Gasteiger partial charge >= 0.3 is 5.97 Å². The first kappa shape index (κ1) is 16.0. The van der Waals surface area contributed by atoms with Crippen LogP contribution in [-0.2, 0) is 4.79 Å². The van der Waals surface area contributed by atoms with Gasteiger partial charge in [-0.25, -0.2) is 0 Å². The molecule has 5 fully saturated rings. The van der Waals surface area contributed by atoms with Gasteiger partial charge in [0.05, 0.1) is 5.41 Å². The Labute approximate surface area is 141 Å². The summed E-state index contributed by atoms with van der Waals surface area (Å²) in [4.78, 5) is 12.1. The van der Waals surface area contributed by atoms with E-state index in [0.29, 0.717) is 11.3 Å². The average molecular weight is 319 g/mol. The van der Waals surface area contributed by atoms with Gasteiger partial charge in [0, 0.05) is 0 Å². The zero-order valence-corrected chi connectivity index (χ0v) is 15.4. The van der Waals surface area contributed by atoms with Crippen molar-refractivity contribution >= 4 is 5.97 Å². The highest BCUT2D eigenvalue weighted by Crippen LogP contribution is 2.73. The van der Waals surface area contributed by atoms with Crippen LogP contribution in [0.4, 0.5) is 0 Å². The van der Waals surface area contributed by atoms with E-state index in [1.165, 1.54) is 32.1 Å². The van der Waals surface area contributed by atoms with Gasteiger partial charge in [-0.1, -0.05) is 27.2 Å². The lowest BCUT2D eigenvalue weighted by Gasteiger charge is -2.70. The summed E-state index contributed by atoms with van der Waals surface area (Å²) in [6.07, 6.45) is 9.93. The molecule has 23 heavy (non-hydrogen) atoms. The molecule has 0 aliphatic heterocycles. The minimum absolute atomic E-state index is 0.261. The summed E-state index contributed by atoms with van der Waals surface area (Å²) in [5.41, 5.74) is 0.299. The summed E-state index contributed by atoms with van der Waals surface area (Å²) in [6.45, 7) is 9.55. The van der Waals surface area contributed by atoms with Gasteiger partial charge in [-0.05, 0) is 92.3 Å². The largest absolute Gasteiger partial charge is 0.481 e. The first-order valence-electron chi connectivity index (χ1n) is 9.99. The van der Waals surface area contributed by atoms with Gasteiger partial charge in [0.1, 0.15) is 0 Å². The van der Waals surface area contributed by atoms with E-state index in [1.54, 1.807) is 0 Å². The van der Waals surface area contributed by atoms with Crippen molar-refractivity contribution in [3.8, 4) is 0 Å². The van der Waals surface area contributed by atoms with Crippen LogP contribution in [-0.4, -0.2) is 11.1 Å². The minimum Gasteiger partial charge on any atom is -0.481 e. The summed E-state index contributed by atoms with van der Waals surface area (Å²) in [5.74, 6) is 3.22. The van der Waals surface area contributed by atoms with E-state index in [1.807, 2.05) is 0 Å². The molecule has 8 unspecified atom stereocenters. The number of hydrogen-bond donors (Lipinski definition) is 1. The number of hydrogen-bond acceptors (Lipinski definition) is 1. The number of carboxylic acid groups (broad SMARTS) is 1. The molecule has 5 aliphatic rings. The van der Waals surface area contributed by atoms with Gasteiger partial charge in [-0.15, -0.1) is 0 Å². The highest BCUT2D eigenvalue weighted by molar-refractivity contribution is 5.75. The van der Waals surface area contributed by atoms with Crippen molar-refractivity contribution in [3.05, 3.63) is 0 Å². The van der Waals surface area contributed by atoms with Crippen molar-refractivity contribution < 1.29 is 9.90 Å². The third kappa shape index (κ3) is 1.79. The highest BCUT2D eigenvalue weighted by Gasteiger charge is 2.67. The molecule has 130 valence electrons. The molecule has 0 saturated heterocycles. The van der Waals surface area contributed by atoms with E-state index in [-0.39, 0.29) is 5.41 Å². The molecular weight excluding hydrogens is 284 g/mol. The quantitative estimate of drug-likeness (QED) is 0.706. The Morgan fingerprint density at radius 3 is 2.39 bits per heavy atom. The predicted octanol–water partition coefficient (Wildman–Crippen LogP) is 5.37. The van der Waals surface area contributed by atoms with Crippen LogP contribution in [0.5, 0.6) is 0 Å². The Bertz CT molecular complexity index is 528. The fourth-order valence-corrected chi connectivity index (χ4v) is 8.34. The van der Waals surface area contributed by atoms with Crippen LogP contribution in [0.1, 0.15) is 79.1 Å². The molecule has 5 rings (SSSR count).